The van der Waals surface area contributed by atoms with Gasteiger partial charge in [0.1, 0.15) is 5.82 Å². The zero-order chi connectivity index (χ0) is 23.7. The molecule has 1 N–H and O–H groups in total. The molecule has 0 aliphatic rings. The zero-order valence-corrected chi connectivity index (χ0v) is 20.1. The molecule has 0 fully saturated rings. The Hall–Kier alpha value is -3.62. The van der Waals surface area contributed by atoms with Crippen LogP contribution in [0.4, 0.5) is 16.0 Å². The number of thiazole rings is 1. The lowest BCUT2D eigenvalue weighted by atomic mass is 10.1. The van der Waals surface area contributed by atoms with Crippen LogP contribution in [-0.4, -0.2) is 45.1 Å². The molecule has 8 heteroatoms. The molecule has 3 heterocycles. The molecule has 0 amide bonds. The minimum Gasteiger partial charge on any atom is -0.346 e. The molecule has 0 unspecified atom stereocenters. The molecule has 34 heavy (non-hydrogen) atoms. The van der Waals surface area contributed by atoms with Gasteiger partial charge in [0.15, 0.2) is 0 Å². The van der Waals surface area contributed by atoms with Crippen molar-refractivity contribution in [3.8, 4) is 21.8 Å². The molecule has 0 spiro atoms. The van der Waals surface area contributed by atoms with E-state index in [9.17, 15) is 4.39 Å². The Morgan fingerprint density at radius 1 is 1.03 bits per heavy atom. The minimum absolute atomic E-state index is 0.268. The first-order valence-corrected chi connectivity index (χ1v) is 11.9. The van der Waals surface area contributed by atoms with E-state index in [2.05, 4.69) is 63.2 Å². The molecule has 0 atom stereocenters. The summed E-state index contributed by atoms with van der Waals surface area (Å²) in [5, 5.41) is 5.42. The quantitative estimate of drug-likeness (QED) is 0.316. The molecular formula is C26H25FN6S. The van der Waals surface area contributed by atoms with E-state index in [0.717, 1.165) is 51.0 Å². The Morgan fingerprint density at radius 2 is 1.85 bits per heavy atom. The highest BCUT2D eigenvalue weighted by molar-refractivity contribution is 7.15. The van der Waals surface area contributed by atoms with Crippen LogP contribution in [0.5, 0.6) is 0 Å². The van der Waals surface area contributed by atoms with Crippen molar-refractivity contribution in [2.45, 2.75) is 13.5 Å². The van der Waals surface area contributed by atoms with Gasteiger partial charge in [-0.3, -0.25) is 0 Å². The van der Waals surface area contributed by atoms with Crippen LogP contribution >= 0.6 is 11.3 Å². The second kappa shape index (κ2) is 9.32. The van der Waals surface area contributed by atoms with E-state index in [4.69, 9.17) is 4.98 Å². The first-order chi connectivity index (χ1) is 16.5. The fourth-order valence-corrected chi connectivity index (χ4v) is 4.77. The second-order valence-corrected chi connectivity index (χ2v) is 9.60. The molecule has 0 saturated carbocycles. The highest BCUT2D eigenvalue weighted by Crippen LogP contribution is 2.36. The average Bonchev–Trinajstić information content (AvgIpc) is 3.41. The Kier molecular flexibility index (Phi) is 6.08. The largest absolute Gasteiger partial charge is 0.346 e. The second-order valence-electron chi connectivity index (χ2n) is 8.39. The summed E-state index contributed by atoms with van der Waals surface area (Å²) < 4.78 is 15.7. The summed E-state index contributed by atoms with van der Waals surface area (Å²) in [6, 6.07) is 16.7. The molecule has 172 valence electrons. The fourth-order valence-electron chi connectivity index (χ4n) is 3.86. The normalized spacial score (nSPS) is 11.4. The van der Waals surface area contributed by atoms with Gasteiger partial charge in [0.05, 0.1) is 21.3 Å². The number of hydrogen-bond acceptors (Lipinski definition) is 6. The van der Waals surface area contributed by atoms with Gasteiger partial charge >= 0.3 is 0 Å². The number of anilines is 2. The van der Waals surface area contributed by atoms with Crippen molar-refractivity contribution in [2.24, 2.45) is 0 Å². The van der Waals surface area contributed by atoms with Crippen LogP contribution in [-0.2, 0) is 6.54 Å². The number of rotatable bonds is 7. The lowest BCUT2D eigenvalue weighted by molar-refractivity contribution is 0.387. The van der Waals surface area contributed by atoms with Crippen molar-refractivity contribution < 1.29 is 4.39 Å². The summed E-state index contributed by atoms with van der Waals surface area (Å²) in [5.74, 6) is 0.246. The third kappa shape index (κ3) is 4.69. The standard InChI is InChI=1S/C26H25FN6S/c1-17-29-24(18-4-6-20(27)7-5-18)25(34-17)22-10-12-28-26(31-22)30-21-8-9-23-19(16-21)11-13-33(23)15-14-32(2)3/h4-13,16H,14-15H2,1-3H3,(H,28,30,31). The van der Waals surface area contributed by atoms with Gasteiger partial charge in [0.2, 0.25) is 5.95 Å². The Balaban J connectivity index is 1.41. The molecule has 3 aromatic heterocycles. The van der Waals surface area contributed by atoms with Gasteiger partial charge in [-0.1, -0.05) is 0 Å². The van der Waals surface area contributed by atoms with Crippen molar-refractivity contribution in [2.75, 3.05) is 26.0 Å². The minimum atomic E-state index is -0.268. The molecule has 0 saturated heterocycles. The number of fused-ring (bicyclic) bond motifs is 1. The van der Waals surface area contributed by atoms with Crippen molar-refractivity contribution in [1.82, 2.24) is 24.4 Å². The summed E-state index contributed by atoms with van der Waals surface area (Å²) in [6.45, 7) is 3.89. The highest BCUT2D eigenvalue weighted by atomic mass is 32.1. The molecule has 0 radical (unpaired) electrons. The number of benzene rings is 2. The van der Waals surface area contributed by atoms with Crippen LogP contribution in [0.15, 0.2) is 67.0 Å². The fraction of sp³-hybridized carbons (Fsp3) is 0.192. The number of halogens is 1. The number of hydrogen-bond donors (Lipinski definition) is 1. The van der Waals surface area contributed by atoms with Crippen LogP contribution in [0, 0.1) is 12.7 Å². The molecular weight excluding hydrogens is 447 g/mol. The average molecular weight is 473 g/mol. The molecule has 0 aliphatic heterocycles. The Labute approximate surface area is 201 Å². The van der Waals surface area contributed by atoms with Crippen LogP contribution < -0.4 is 5.32 Å². The number of nitrogens with zero attached hydrogens (tertiary/aromatic N) is 5. The van der Waals surface area contributed by atoms with Crippen LogP contribution in [0.2, 0.25) is 0 Å². The van der Waals surface area contributed by atoms with Crippen molar-refractivity contribution in [3.05, 3.63) is 77.8 Å². The molecule has 0 bridgehead atoms. The lowest BCUT2D eigenvalue weighted by Crippen LogP contribution is -2.17. The van der Waals surface area contributed by atoms with Gasteiger partial charge in [0, 0.05) is 47.6 Å². The SMILES string of the molecule is Cc1nc(-c2ccc(F)cc2)c(-c2ccnc(Nc3ccc4c(ccn4CCN(C)C)c3)n2)s1. The molecule has 6 nitrogen and oxygen atoms in total. The molecule has 5 rings (SSSR count). The highest BCUT2D eigenvalue weighted by Gasteiger charge is 2.15. The summed E-state index contributed by atoms with van der Waals surface area (Å²) >= 11 is 1.56. The maximum Gasteiger partial charge on any atom is 0.227 e. The van der Waals surface area contributed by atoms with Gasteiger partial charge in [-0.25, -0.2) is 19.3 Å². The van der Waals surface area contributed by atoms with Gasteiger partial charge < -0.3 is 14.8 Å². The number of nitrogens with one attached hydrogen (secondary N) is 1. The topological polar surface area (TPSA) is 58.9 Å². The van der Waals surface area contributed by atoms with E-state index in [1.165, 1.54) is 17.6 Å². The summed E-state index contributed by atoms with van der Waals surface area (Å²) in [6.07, 6.45) is 3.86. The van der Waals surface area contributed by atoms with E-state index < -0.39 is 0 Å². The Morgan fingerprint density at radius 3 is 2.65 bits per heavy atom. The predicted octanol–water partition coefficient (Wildman–Crippen LogP) is 5.97. The summed E-state index contributed by atoms with van der Waals surface area (Å²) in [4.78, 5) is 17.0. The van der Waals surface area contributed by atoms with Gasteiger partial charge in [-0.15, -0.1) is 11.3 Å². The summed E-state index contributed by atoms with van der Waals surface area (Å²) in [7, 11) is 4.16. The Bertz CT molecular complexity index is 1440. The number of aryl methyl sites for hydroxylation is 1. The van der Waals surface area contributed by atoms with E-state index in [-0.39, 0.29) is 5.82 Å². The van der Waals surface area contributed by atoms with E-state index in [0.29, 0.717) is 5.95 Å². The van der Waals surface area contributed by atoms with E-state index >= 15 is 0 Å². The summed E-state index contributed by atoms with van der Waals surface area (Å²) in [5.41, 5.74) is 4.56. The molecule has 0 aliphatic carbocycles. The maximum atomic E-state index is 13.4. The maximum absolute atomic E-state index is 13.4. The van der Waals surface area contributed by atoms with Crippen LogP contribution in [0.25, 0.3) is 32.7 Å². The van der Waals surface area contributed by atoms with E-state index in [1.807, 2.05) is 19.1 Å². The first-order valence-electron chi connectivity index (χ1n) is 11.0. The van der Waals surface area contributed by atoms with Crippen LogP contribution in [0.3, 0.4) is 0 Å². The molecule has 2 aromatic carbocycles. The van der Waals surface area contributed by atoms with Gasteiger partial charge in [-0.2, -0.15) is 0 Å². The van der Waals surface area contributed by atoms with E-state index in [1.54, 1.807) is 29.7 Å². The van der Waals surface area contributed by atoms with Crippen molar-refractivity contribution in [1.29, 1.82) is 0 Å². The van der Waals surface area contributed by atoms with Gasteiger partial charge in [0.25, 0.3) is 0 Å². The predicted molar refractivity (Wildman–Crippen MR) is 137 cm³/mol. The first kappa shape index (κ1) is 22.2. The zero-order valence-electron chi connectivity index (χ0n) is 19.3. The van der Waals surface area contributed by atoms with Gasteiger partial charge in [-0.05, 0) is 75.6 Å². The third-order valence-electron chi connectivity index (χ3n) is 5.56. The van der Waals surface area contributed by atoms with Crippen molar-refractivity contribution >= 4 is 33.9 Å². The monoisotopic (exact) mass is 472 g/mol. The number of likely N-dealkylation sites (N-methyl/N-ethyl adjacent to an activating group) is 1. The molecule has 5 aromatic rings. The third-order valence-corrected chi connectivity index (χ3v) is 6.55. The number of aromatic nitrogens is 4. The van der Waals surface area contributed by atoms with Crippen LogP contribution in [0.1, 0.15) is 5.01 Å². The van der Waals surface area contributed by atoms with Crippen molar-refractivity contribution in [3.63, 3.8) is 0 Å². The smallest absolute Gasteiger partial charge is 0.227 e. The lowest BCUT2D eigenvalue weighted by Gasteiger charge is -2.11.